The average molecular weight is 307 g/mol. The predicted octanol–water partition coefficient (Wildman–Crippen LogP) is -1.17. The SMILES string of the molecule is NC(=O)C(C(N)=O)c1cc(N2CCCC(C(=O)O)C2)ncn1. The van der Waals surface area contributed by atoms with Gasteiger partial charge in [0.1, 0.15) is 12.1 Å². The summed E-state index contributed by atoms with van der Waals surface area (Å²) in [5, 5.41) is 9.11. The summed E-state index contributed by atoms with van der Waals surface area (Å²) in [5.74, 6) is -4.00. The van der Waals surface area contributed by atoms with Crippen LogP contribution in [-0.4, -0.2) is 45.9 Å². The van der Waals surface area contributed by atoms with Gasteiger partial charge in [-0.1, -0.05) is 0 Å². The van der Waals surface area contributed by atoms with Gasteiger partial charge in [0.2, 0.25) is 11.8 Å². The largest absolute Gasteiger partial charge is 0.481 e. The maximum Gasteiger partial charge on any atom is 0.308 e. The summed E-state index contributed by atoms with van der Waals surface area (Å²) in [5.41, 5.74) is 10.5. The molecule has 1 aromatic heterocycles. The second-order valence-electron chi connectivity index (χ2n) is 5.16. The summed E-state index contributed by atoms with van der Waals surface area (Å²) in [6.45, 7) is 0.946. The summed E-state index contributed by atoms with van der Waals surface area (Å²) in [6.07, 6.45) is 2.52. The number of hydrogen-bond donors (Lipinski definition) is 3. The Labute approximate surface area is 126 Å². The average Bonchev–Trinajstić information content (AvgIpc) is 2.47. The van der Waals surface area contributed by atoms with Crippen LogP contribution in [0.1, 0.15) is 24.5 Å². The maximum absolute atomic E-state index is 11.3. The number of nitrogens with two attached hydrogens (primary N) is 2. The van der Waals surface area contributed by atoms with Crippen molar-refractivity contribution in [1.82, 2.24) is 9.97 Å². The molecule has 1 aliphatic rings. The van der Waals surface area contributed by atoms with E-state index in [2.05, 4.69) is 9.97 Å². The van der Waals surface area contributed by atoms with Crippen molar-refractivity contribution in [3.8, 4) is 0 Å². The summed E-state index contributed by atoms with van der Waals surface area (Å²) >= 11 is 0. The van der Waals surface area contributed by atoms with Gasteiger partial charge in [-0.2, -0.15) is 0 Å². The van der Waals surface area contributed by atoms with Gasteiger partial charge < -0.3 is 21.5 Å². The van der Waals surface area contributed by atoms with Gasteiger partial charge in [0.15, 0.2) is 5.92 Å². The molecule has 2 heterocycles. The molecule has 5 N–H and O–H groups in total. The van der Waals surface area contributed by atoms with Crippen LogP contribution in [0.4, 0.5) is 5.82 Å². The Balaban J connectivity index is 2.26. The van der Waals surface area contributed by atoms with Gasteiger partial charge in [-0.15, -0.1) is 0 Å². The van der Waals surface area contributed by atoms with E-state index < -0.39 is 29.6 Å². The van der Waals surface area contributed by atoms with Crippen LogP contribution >= 0.6 is 0 Å². The number of anilines is 1. The zero-order valence-corrected chi connectivity index (χ0v) is 11.8. The minimum Gasteiger partial charge on any atom is -0.481 e. The highest BCUT2D eigenvalue weighted by molar-refractivity contribution is 6.04. The van der Waals surface area contributed by atoms with Gasteiger partial charge >= 0.3 is 5.97 Å². The van der Waals surface area contributed by atoms with Crippen LogP contribution in [0.2, 0.25) is 0 Å². The molecule has 0 radical (unpaired) electrons. The molecule has 1 fully saturated rings. The van der Waals surface area contributed by atoms with Crippen molar-refractivity contribution >= 4 is 23.6 Å². The zero-order valence-electron chi connectivity index (χ0n) is 11.8. The molecule has 0 spiro atoms. The van der Waals surface area contributed by atoms with E-state index in [0.717, 1.165) is 0 Å². The summed E-state index contributed by atoms with van der Waals surface area (Å²) < 4.78 is 0. The van der Waals surface area contributed by atoms with Crippen molar-refractivity contribution in [3.05, 3.63) is 18.1 Å². The zero-order chi connectivity index (χ0) is 16.3. The lowest BCUT2D eigenvalue weighted by molar-refractivity contribution is -0.142. The van der Waals surface area contributed by atoms with Gasteiger partial charge in [-0.05, 0) is 12.8 Å². The number of carboxylic acids is 1. The van der Waals surface area contributed by atoms with E-state index in [-0.39, 0.29) is 5.69 Å². The monoisotopic (exact) mass is 307 g/mol. The van der Waals surface area contributed by atoms with Crippen molar-refractivity contribution in [2.24, 2.45) is 17.4 Å². The fraction of sp³-hybridized carbons (Fsp3) is 0.462. The van der Waals surface area contributed by atoms with E-state index in [0.29, 0.717) is 31.7 Å². The number of carbonyl (C=O) groups excluding carboxylic acids is 2. The van der Waals surface area contributed by atoms with Gasteiger partial charge in [-0.25, -0.2) is 9.97 Å². The van der Waals surface area contributed by atoms with Gasteiger partial charge in [0.05, 0.1) is 11.6 Å². The first-order valence-electron chi connectivity index (χ1n) is 6.78. The molecule has 0 aromatic carbocycles. The number of amides is 2. The summed E-state index contributed by atoms with van der Waals surface area (Å²) in [7, 11) is 0. The summed E-state index contributed by atoms with van der Waals surface area (Å²) in [4.78, 5) is 43.5. The number of aromatic nitrogens is 2. The number of carbonyl (C=O) groups is 3. The Morgan fingerprint density at radius 2 is 1.95 bits per heavy atom. The van der Waals surface area contributed by atoms with E-state index in [1.165, 1.54) is 12.4 Å². The van der Waals surface area contributed by atoms with Crippen LogP contribution in [-0.2, 0) is 14.4 Å². The molecule has 9 heteroatoms. The first kappa shape index (κ1) is 15.7. The second kappa shape index (κ2) is 6.37. The minimum atomic E-state index is -1.33. The standard InChI is InChI=1S/C13H17N5O4/c14-11(19)10(12(15)20)8-4-9(17-6-16-8)18-3-1-2-7(5-18)13(21)22/h4,6-7,10H,1-3,5H2,(H2,14,19)(H2,15,20)(H,21,22). The Bertz CT molecular complexity index is 592. The number of hydrogen-bond acceptors (Lipinski definition) is 6. The minimum absolute atomic E-state index is 0.113. The third-order valence-electron chi connectivity index (χ3n) is 3.63. The smallest absolute Gasteiger partial charge is 0.308 e. The summed E-state index contributed by atoms with van der Waals surface area (Å²) in [6, 6.07) is 1.45. The lowest BCUT2D eigenvalue weighted by Crippen LogP contribution is -2.39. The van der Waals surface area contributed by atoms with E-state index in [1.807, 2.05) is 0 Å². The Kier molecular flexibility index (Phi) is 4.54. The van der Waals surface area contributed by atoms with Crippen molar-refractivity contribution < 1.29 is 19.5 Å². The van der Waals surface area contributed by atoms with E-state index in [1.54, 1.807) is 4.90 Å². The molecule has 1 aliphatic heterocycles. The third kappa shape index (κ3) is 3.30. The Hall–Kier alpha value is -2.71. The van der Waals surface area contributed by atoms with Crippen LogP contribution in [0.25, 0.3) is 0 Å². The molecule has 1 aromatic rings. The highest BCUT2D eigenvalue weighted by atomic mass is 16.4. The second-order valence-corrected chi connectivity index (χ2v) is 5.16. The first-order valence-corrected chi connectivity index (χ1v) is 6.78. The number of piperidine rings is 1. The molecular formula is C13H17N5O4. The highest BCUT2D eigenvalue weighted by Gasteiger charge is 2.29. The van der Waals surface area contributed by atoms with Crippen molar-refractivity contribution in [1.29, 1.82) is 0 Å². The van der Waals surface area contributed by atoms with Crippen molar-refractivity contribution in [2.45, 2.75) is 18.8 Å². The molecule has 22 heavy (non-hydrogen) atoms. The highest BCUT2D eigenvalue weighted by Crippen LogP contribution is 2.23. The number of rotatable bonds is 5. The fourth-order valence-electron chi connectivity index (χ4n) is 2.51. The van der Waals surface area contributed by atoms with E-state index in [9.17, 15) is 14.4 Å². The molecule has 2 rings (SSSR count). The van der Waals surface area contributed by atoms with E-state index in [4.69, 9.17) is 16.6 Å². The fourth-order valence-corrected chi connectivity index (χ4v) is 2.51. The maximum atomic E-state index is 11.3. The lowest BCUT2D eigenvalue weighted by atomic mass is 9.98. The third-order valence-corrected chi connectivity index (χ3v) is 3.63. The topological polar surface area (TPSA) is 152 Å². The van der Waals surface area contributed by atoms with Crippen molar-refractivity contribution in [2.75, 3.05) is 18.0 Å². The molecule has 0 saturated carbocycles. The predicted molar refractivity (Wildman–Crippen MR) is 75.7 cm³/mol. The molecule has 1 atom stereocenters. The van der Waals surface area contributed by atoms with Crippen molar-refractivity contribution in [3.63, 3.8) is 0 Å². The number of primary amides is 2. The number of carboxylic acid groups (broad SMARTS) is 1. The Morgan fingerprint density at radius 3 is 2.55 bits per heavy atom. The molecule has 9 nitrogen and oxygen atoms in total. The van der Waals surface area contributed by atoms with Crippen LogP contribution in [0.5, 0.6) is 0 Å². The normalized spacial score (nSPS) is 18.2. The molecule has 0 bridgehead atoms. The van der Waals surface area contributed by atoms with Crippen LogP contribution in [0.15, 0.2) is 12.4 Å². The van der Waals surface area contributed by atoms with Crippen LogP contribution in [0, 0.1) is 5.92 Å². The van der Waals surface area contributed by atoms with Gasteiger partial charge in [0.25, 0.3) is 0 Å². The molecule has 118 valence electrons. The quantitative estimate of drug-likeness (QED) is 0.579. The lowest BCUT2D eigenvalue weighted by Gasteiger charge is -2.31. The molecular weight excluding hydrogens is 290 g/mol. The number of aliphatic carboxylic acids is 1. The Morgan fingerprint density at radius 1 is 1.27 bits per heavy atom. The van der Waals surface area contributed by atoms with Crippen LogP contribution in [0.3, 0.4) is 0 Å². The molecule has 1 saturated heterocycles. The first-order chi connectivity index (χ1) is 10.4. The van der Waals surface area contributed by atoms with Gasteiger partial charge in [-0.3, -0.25) is 14.4 Å². The molecule has 0 aliphatic carbocycles. The van der Waals surface area contributed by atoms with Gasteiger partial charge in [0, 0.05) is 19.2 Å². The number of nitrogens with zero attached hydrogens (tertiary/aromatic N) is 3. The molecule has 1 unspecified atom stereocenters. The van der Waals surface area contributed by atoms with Crippen LogP contribution < -0.4 is 16.4 Å². The molecule has 2 amide bonds. The van der Waals surface area contributed by atoms with E-state index >= 15 is 0 Å².